The molecule has 0 fully saturated rings. The summed E-state index contributed by atoms with van der Waals surface area (Å²) in [5.74, 6) is -0.911. The SMILES string of the molecule is CNCc1cc(-c2cc(F)ccc2F)ccc1Cl. The Morgan fingerprint density at radius 3 is 2.61 bits per heavy atom. The summed E-state index contributed by atoms with van der Waals surface area (Å²) in [6.45, 7) is 0.573. The second-order valence-electron chi connectivity index (χ2n) is 3.96. The molecule has 0 atom stereocenters. The Labute approximate surface area is 109 Å². The fourth-order valence-electron chi connectivity index (χ4n) is 1.79. The molecule has 0 aliphatic heterocycles. The smallest absolute Gasteiger partial charge is 0.131 e. The van der Waals surface area contributed by atoms with Crippen LogP contribution in [0.4, 0.5) is 8.78 Å². The van der Waals surface area contributed by atoms with E-state index in [1.165, 1.54) is 6.07 Å². The van der Waals surface area contributed by atoms with E-state index in [-0.39, 0.29) is 5.56 Å². The largest absolute Gasteiger partial charge is 0.316 e. The Morgan fingerprint density at radius 2 is 1.89 bits per heavy atom. The normalized spacial score (nSPS) is 10.7. The van der Waals surface area contributed by atoms with Gasteiger partial charge in [0.25, 0.3) is 0 Å². The Hall–Kier alpha value is -1.45. The van der Waals surface area contributed by atoms with Gasteiger partial charge >= 0.3 is 0 Å². The molecule has 0 unspecified atom stereocenters. The third kappa shape index (κ3) is 2.68. The molecular weight excluding hydrogens is 256 g/mol. The van der Waals surface area contributed by atoms with E-state index in [1.807, 2.05) is 0 Å². The van der Waals surface area contributed by atoms with Gasteiger partial charge in [-0.3, -0.25) is 0 Å². The fourth-order valence-corrected chi connectivity index (χ4v) is 1.97. The molecule has 0 aliphatic rings. The maximum absolute atomic E-state index is 13.7. The van der Waals surface area contributed by atoms with Crippen LogP contribution in [0.15, 0.2) is 36.4 Å². The summed E-state index contributed by atoms with van der Waals surface area (Å²) < 4.78 is 26.8. The van der Waals surface area contributed by atoms with E-state index in [9.17, 15) is 8.78 Å². The summed E-state index contributed by atoms with van der Waals surface area (Å²) in [5.41, 5.74) is 1.70. The minimum Gasteiger partial charge on any atom is -0.316 e. The summed E-state index contributed by atoms with van der Waals surface area (Å²) in [6, 6.07) is 8.53. The number of rotatable bonds is 3. The molecule has 0 spiro atoms. The third-order valence-corrected chi connectivity index (χ3v) is 3.02. The van der Waals surface area contributed by atoms with Gasteiger partial charge in [0.05, 0.1) is 0 Å². The second kappa shape index (κ2) is 5.46. The van der Waals surface area contributed by atoms with Gasteiger partial charge in [-0.1, -0.05) is 17.7 Å². The molecule has 0 radical (unpaired) electrons. The van der Waals surface area contributed by atoms with Gasteiger partial charge in [0.1, 0.15) is 11.6 Å². The van der Waals surface area contributed by atoms with Gasteiger partial charge in [-0.05, 0) is 48.5 Å². The standard InChI is InChI=1S/C14H12ClF2N/c1-18-8-10-6-9(2-4-13(10)15)12-7-11(16)3-5-14(12)17/h2-7,18H,8H2,1H3. The molecule has 1 nitrogen and oxygen atoms in total. The predicted octanol–water partition coefficient (Wildman–Crippen LogP) is 4.00. The molecule has 0 saturated carbocycles. The zero-order valence-corrected chi connectivity index (χ0v) is 10.6. The summed E-state index contributed by atoms with van der Waals surface area (Å²) in [6.07, 6.45) is 0. The van der Waals surface area contributed by atoms with Gasteiger partial charge in [-0.2, -0.15) is 0 Å². The van der Waals surface area contributed by atoms with Gasteiger partial charge < -0.3 is 5.32 Å². The Morgan fingerprint density at radius 1 is 1.11 bits per heavy atom. The molecule has 0 amide bonds. The molecule has 2 aromatic carbocycles. The highest BCUT2D eigenvalue weighted by atomic mass is 35.5. The van der Waals surface area contributed by atoms with E-state index in [0.717, 1.165) is 17.7 Å². The average molecular weight is 268 g/mol. The number of hydrogen-bond donors (Lipinski definition) is 1. The molecule has 0 bridgehead atoms. The van der Waals surface area contributed by atoms with E-state index in [4.69, 9.17) is 11.6 Å². The molecule has 0 aromatic heterocycles. The number of benzene rings is 2. The van der Waals surface area contributed by atoms with Gasteiger partial charge in [0.2, 0.25) is 0 Å². The Bertz CT molecular complexity index is 570. The van der Waals surface area contributed by atoms with Crippen LogP contribution in [0.25, 0.3) is 11.1 Å². The summed E-state index contributed by atoms with van der Waals surface area (Å²) >= 11 is 6.03. The lowest BCUT2D eigenvalue weighted by Gasteiger charge is -2.08. The van der Waals surface area contributed by atoms with Crippen molar-refractivity contribution in [2.75, 3.05) is 7.05 Å². The van der Waals surface area contributed by atoms with Crippen LogP contribution in [-0.2, 0) is 6.54 Å². The monoisotopic (exact) mass is 267 g/mol. The first-order valence-corrected chi connectivity index (χ1v) is 5.88. The third-order valence-electron chi connectivity index (χ3n) is 2.65. The lowest BCUT2D eigenvalue weighted by molar-refractivity contribution is 0.603. The first-order chi connectivity index (χ1) is 8.61. The quantitative estimate of drug-likeness (QED) is 0.886. The zero-order chi connectivity index (χ0) is 13.1. The highest BCUT2D eigenvalue weighted by molar-refractivity contribution is 6.31. The van der Waals surface area contributed by atoms with Crippen LogP contribution in [0.1, 0.15) is 5.56 Å². The van der Waals surface area contributed by atoms with Crippen LogP contribution in [0.2, 0.25) is 5.02 Å². The lowest BCUT2D eigenvalue weighted by atomic mass is 10.0. The summed E-state index contributed by atoms with van der Waals surface area (Å²) in [7, 11) is 1.80. The first-order valence-electron chi connectivity index (χ1n) is 5.50. The highest BCUT2D eigenvalue weighted by Crippen LogP contribution is 2.27. The van der Waals surface area contributed by atoms with E-state index in [0.29, 0.717) is 17.1 Å². The molecule has 0 heterocycles. The van der Waals surface area contributed by atoms with Crippen molar-refractivity contribution in [3.63, 3.8) is 0 Å². The van der Waals surface area contributed by atoms with E-state index < -0.39 is 11.6 Å². The van der Waals surface area contributed by atoms with Gasteiger partial charge in [0.15, 0.2) is 0 Å². The number of halogens is 3. The molecule has 94 valence electrons. The van der Waals surface area contributed by atoms with E-state index in [1.54, 1.807) is 25.2 Å². The second-order valence-corrected chi connectivity index (χ2v) is 4.37. The number of hydrogen-bond acceptors (Lipinski definition) is 1. The van der Waals surface area contributed by atoms with Gasteiger partial charge in [0, 0.05) is 17.1 Å². The van der Waals surface area contributed by atoms with Crippen molar-refractivity contribution in [3.05, 3.63) is 58.6 Å². The topological polar surface area (TPSA) is 12.0 Å². The maximum Gasteiger partial charge on any atom is 0.131 e. The van der Waals surface area contributed by atoms with Crippen LogP contribution >= 0.6 is 11.6 Å². The van der Waals surface area contributed by atoms with Crippen LogP contribution in [-0.4, -0.2) is 7.05 Å². The molecule has 0 saturated heterocycles. The van der Waals surface area contributed by atoms with Crippen molar-refractivity contribution >= 4 is 11.6 Å². The zero-order valence-electron chi connectivity index (χ0n) is 9.81. The summed E-state index contributed by atoms with van der Waals surface area (Å²) in [4.78, 5) is 0. The summed E-state index contributed by atoms with van der Waals surface area (Å²) in [5, 5.41) is 3.58. The van der Waals surface area contributed by atoms with Crippen molar-refractivity contribution in [1.82, 2.24) is 5.32 Å². The molecule has 2 rings (SSSR count). The van der Waals surface area contributed by atoms with Crippen molar-refractivity contribution in [2.45, 2.75) is 6.54 Å². The Kier molecular flexibility index (Phi) is 3.94. The van der Waals surface area contributed by atoms with Crippen molar-refractivity contribution in [3.8, 4) is 11.1 Å². The van der Waals surface area contributed by atoms with Crippen LogP contribution in [0.3, 0.4) is 0 Å². The highest BCUT2D eigenvalue weighted by Gasteiger charge is 2.09. The minimum absolute atomic E-state index is 0.240. The molecule has 1 N–H and O–H groups in total. The Balaban J connectivity index is 2.50. The van der Waals surface area contributed by atoms with Crippen molar-refractivity contribution < 1.29 is 8.78 Å². The van der Waals surface area contributed by atoms with Crippen LogP contribution in [0.5, 0.6) is 0 Å². The maximum atomic E-state index is 13.7. The van der Waals surface area contributed by atoms with Crippen molar-refractivity contribution in [1.29, 1.82) is 0 Å². The molecule has 4 heteroatoms. The first kappa shape index (κ1) is 13.0. The lowest BCUT2D eigenvalue weighted by Crippen LogP contribution is -2.05. The molecule has 2 aromatic rings. The predicted molar refractivity (Wildman–Crippen MR) is 69.6 cm³/mol. The van der Waals surface area contributed by atoms with Crippen LogP contribution < -0.4 is 5.32 Å². The van der Waals surface area contributed by atoms with Gasteiger partial charge in [-0.25, -0.2) is 8.78 Å². The van der Waals surface area contributed by atoms with Crippen molar-refractivity contribution in [2.24, 2.45) is 0 Å². The van der Waals surface area contributed by atoms with E-state index in [2.05, 4.69) is 5.32 Å². The van der Waals surface area contributed by atoms with E-state index >= 15 is 0 Å². The molecule has 0 aliphatic carbocycles. The average Bonchev–Trinajstić information content (AvgIpc) is 2.35. The minimum atomic E-state index is -0.462. The molecule has 18 heavy (non-hydrogen) atoms. The molecular formula is C14H12ClF2N. The van der Waals surface area contributed by atoms with Gasteiger partial charge in [-0.15, -0.1) is 0 Å². The van der Waals surface area contributed by atoms with Crippen LogP contribution in [0, 0.1) is 11.6 Å². The fraction of sp³-hybridized carbons (Fsp3) is 0.143. The number of nitrogens with one attached hydrogen (secondary N) is 1.